The molecule has 1 amide bonds. The quantitative estimate of drug-likeness (QED) is 0.781. The van der Waals surface area contributed by atoms with Crippen molar-refractivity contribution < 1.29 is 13.2 Å². The Balaban J connectivity index is 1.52. The van der Waals surface area contributed by atoms with E-state index in [0.29, 0.717) is 5.69 Å². The van der Waals surface area contributed by atoms with Crippen LogP contribution in [-0.2, 0) is 14.8 Å². The second kappa shape index (κ2) is 8.51. The van der Waals surface area contributed by atoms with E-state index in [-0.39, 0.29) is 11.4 Å². The number of nitrogens with one attached hydrogen (secondary N) is 2. The van der Waals surface area contributed by atoms with Gasteiger partial charge in [-0.05, 0) is 43.4 Å². The van der Waals surface area contributed by atoms with Gasteiger partial charge in [0.25, 0.3) is 0 Å². The van der Waals surface area contributed by atoms with Crippen molar-refractivity contribution in [2.24, 2.45) is 0 Å². The zero-order valence-corrected chi connectivity index (χ0v) is 16.1. The second-order valence-electron chi connectivity index (χ2n) is 6.52. The highest BCUT2D eigenvalue weighted by atomic mass is 32.2. The predicted molar refractivity (Wildman–Crippen MR) is 106 cm³/mol. The van der Waals surface area contributed by atoms with Crippen LogP contribution in [0.5, 0.6) is 0 Å². The number of likely N-dealkylation sites (N-methyl/N-ethyl adjacent to an activating group) is 1. The van der Waals surface area contributed by atoms with Crippen LogP contribution >= 0.6 is 0 Å². The summed E-state index contributed by atoms with van der Waals surface area (Å²) in [5.74, 6) is -0.415. The molecule has 2 N–H and O–H groups in total. The fourth-order valence-corrected chi connectivity index (χ4v) is 3.87. The van der Waals surface area contributed by atoms with Crippen LogP contribution in [-0.4, -0.2) is 59.0 Å². The first kappa shape index (κ1) is 19.3. The van der Waals surface area contributed by atoms with Crippen molar-refractivity contribution in [1.29, 1.82) is 0 Å². The Morgan fingerprint density at radius 1 is 0.963 bits per heavy atom. The zero-order valence-electron chi connectivity index (χ0n) is 15.3. The molecular weight excluding hydrogens is 364 g/mol. The lowest BCUT2D eigenvalue weighted by Gasteiger charge is -2.34. The van der Waals surface area contributed by atoms with Crippen molar-refractivity contribution in [3.8, 4) is 0 Å². The van der Waals surface area contributed by atoms with Crippen LogP contribution in [0.2, 0.25) is 0 Å². The molecule has 0 aliphatic carbocycles. The minimum absolute atomic E-state index is 0.134. The number of nitrogens with zero attached hydrogens (tertiary/aromatic N) is 2. The van der Waals surface area contributed by atoms with Gasteiger partial charge in [-0.2, -0.15) is 0 Å². The van der Waals surface area contributed by atoms with E-state index < -0.39 is 15.9 Å². The van der Waals surface area contributed by atoms with Crippen LogP contribution < -0.4 is 14.9 Å². The molecule has 1 aliphatic rings. The van der Waals surface area contributed by atoms with Crippen LogP contribution in [0.1, 0.15) is 0 Å². The molecule has 2 aromatic carbocycles. The third-order valence-corrected chi connectivity index (χ3v) is 5.91. The van der Waals surface area contributed by atoms with Crippen molar-refractivity contribution in [2.75, 3.05) is 50.0 Å². The average molecular weight is 388 g/mol. The van der Waals surface area contributed by atoms with Gasteiger partial charge in [0.2, 0.25) is 15.9 Å². The Kier molecular flexibility index (Phi) is 6.10. The SMILES string of the molecule is CN1CCN(c2ccc(NC(=O)CNS(=O)(=O)c3ccccc3)cc2)CC1. The van der Waals surface area contributed by atoms with Gasteiger partial charge in [0.15, 0.2) is 0 Å². The van der Waals surface area contributed by atoms with E-state index in [4.69, 9.17) is 0 Å². The summed E-state index contributed by atoms with van der Waals surface area (Å²) in [6.45, 7) is 3.68. The van der Waals surface area contributed by atoms with Gasteiger partial charge < -0.3 is 15.1 Å². The summed E-state index contributed by atoms with van der Waals surface area (Å²) >= 11 is 0. The van der Waals surface area contributed by atoms with E-state index in [9.17, 15) is 13.2 Å². The molecule has 3 rings (SSSR count). The molecule has 7 nitrogen and oxygen atoms in total. The summed E-state index contributed by atoms with van der Waals surface area (Å²) in [6.07, 6.45) is 0. The normalized spacial score (nSPS) is 15.5. The number of hydrogen-bond acceptors (Lipinski definition) is 5. The van der Waals surface area contributed by atoms with Crippen LogP contribution in [0.4, 0.5) is 11.4 Å². The lowest BCUT2D eigenvalue weighted by molar-refractivity contribution is -0.115. The van der Waals surface area contributed by atoms with Gasteiger partial charge >= 0.3 is 0 Å². The molecule has 1 saturated heterocycles. The molecule has 1 fully saturated rings. The number of piperazine rings is 1. The van der Waals surface area contributed by atoms with Gasteiger partial charge in [0.05, 0.1) is 11.4 Å². The van der Waals surface area contributed by atoms with E-state index in [1.165, 1.54) is 12.1 Å². The van der Waals surface area contributed by atoms with Crippen molar-refractivity contribution >= 4 is 27.3 Å². The van der Waals surface area contributed by atoms with Gasteiger partial charge in [-0.3, -0.25) is 4.79 Å². The molecule has 0 aromatic heterocycles. The minimum atomic E-state index is -3.69. The average Bonchev–Trinajstić information content (AvgIpc) is 2.68. The van der Waals surface area contributed by atoms with E-state index in [1.807, 2.05) is 24.3 Å². The predicted octanol–water partition coefficient (Wildman–Crippen LogP) is 1.36. The molecule has 1 aliphatic heterocycles. The third-order valence-electron chi connectivity index (χ3n) is 4.50. The number of carbonyl (C=O) groups excluding carboxylic acids is 1. The molecule has 1 heterocycles. The summed E-state index contributed by atoms with van der Waals surface area (Å²) in [6, 6.07) is 15.6. The first-order valence-electron chi connectivity index (χ1n) is 8.82. The van der Waals surface area contributed by atoms with Crippen LogP contribution in [0, 0.1) is 0 Å². The second-order valence-corrected chi connectivity index (χ2v) is 8.29. The molecular formula is C19H24N4O3S. The fraction of sp³-hybridized carbons (Fsp3) is 0.316. The Morgan fingerprint density at radius 3 is 2.22 bits per heavy atom. The highest BCUT2D eigenvalue weighted by Crippen LogP contribution is 2.19. The minimum Gasteiger partial charge on any atom is -0.369 e. The first-order chi connectivity index (χ1) is 12.9. The molecule has 8 heteroatoms. The smallest absolute Gasteiger partial charge is 0.241 e. The molecule has 0 atom stereocenters. The number of hydrogen-bond donors (Lipinski definition) is 2. The summed E-state index contributed by atoms with van der Waals surface area (Å²) < 4.78 is 26.6. The number of amides is 1. The molecule has 0 saturated carbocycles. The van der Waals surface area contributed by atoms with Gasteiger partial charge in [0.1, 0.15) is 0 Å². The van der Waals surface area contributed by atoms with Crippen molar-refractivity contribution in [3.63, 3.8) is 0 Å². The van der Waals surface area contributed by atoms with Crippen molar-refractivity contribution in [1.82, 2.24) is 9.62 Å². The number of anilines is 2. The van der Waals surface area contributed by atoms with E-state index >= 15 is 0 Å². The monoisotopic (exact) mass is 388 g/mol. The molecule has 0 spiro atoms. The summed E-state index contributed by atoms with van der Waals surface area (Å²) in [7, 11) is -1.58. The Labute approximate surface area is 160 Å². The molecule has 144 valence electrons. The van der Waals surface area contributed by atoms with Gasteiger partial charge in [-0.1, -0.05) is 18.2 Å². The number of benzene rings is 2. The van der Waals surface area contributed by atoms with E-state index in [0.717, 1.165) is 31.9 Å². The third kappa shape index (κ3) is 5.29. The van der Waals surface area contributed by atoms with Crippen LogP contribution in [0.25, 0.3) is 0 Å². The number of sulfonamides is 1. The topological polar surface area (TPSA) is 81.8 Å². The van der Waals surface area contributed by atoms with E-state index in [2.05, 4.69) is 26.9 Å². The lowest BCUT2D eigenvalue weighted by atomic mass is 10.2. The van der Waals surface area contributed by atoms with Crippen molar-refractivity contribution in [2.45, 2.75) is 4.90 Å². The maximum Gasteiger partial charge on any atom is 0.241 e. The van der Waals surface area contributed by atoms with Gasteiger partial charge in [-0.15, -0.1) is 0 Å². The summed E-state index contributed by atoms with van der Waals surface area (Å²) in [5.41, 5.74) is 1.75. The highest BCUT2D eigenvalue weighted by molar-refractivity contribution is 7.89. The highest BCUT2D eigenvalue weighted by Gasteiger charge is 2.16. The summed E-state index contributed by atoms with van der Waals surface area (Å²) in [4.78, 5) is 16.8. The Morgan fingerprint density at radius 2 is 1.59 bits per heavy atom. The van der Waals surface area contributed by atoms with Gasteiger partial charge in [0, 0.05) is 37.6 Å². The van der Waals surface area contributed by atoms with Crippen LogP contribution in [0.3, 0.4) is 0 Å². The largest absolute Gasteiger partial charge is 0.369 e. The molecule has 0 radical (unpaired) electrons. The number of rotatable bonds is 6. The summed E-state index contributed by atoms with van der Waals surface area (Å²) in [5, 5.41) is 2.71. The molecule has 0 unspecified atom stereocenters. The molecule has 27 heavy (non-hydrogen) atoms. The maximum absolute atomic E-state index is 12.1. The lowest BCUT2D eigenvalue weighted by Crippen LogP contribution is -2.44. The number of carbonyl (C=O) groups is 1. The van der Waals surface area contributed by atoms with E-state index in [1.54, 1.807) is 18.2 Å². The van der Waals surface area contributed by atoms with Gasteiger partial charge in [-0.25, -0.2) is 13.1 Å². The standard InChI is InChI=1S/C19H24N4O3S/c1-22-11-13-23(14-12-22)17-9-7-16(8-10-17)21-19(24)15-20-27(25,26)18-5-3-2-4-6-18/h2-10,20H,11-15H2,1H3,(H,21,24). The molecule has 0 bridgehead atoms. The maximum atomic E-state index is 12.1. The Bertz CT molecular complexity index is 862. The fourth-order valence-electron chi connectivity index (χ4n) is 2.87. The van der Waals surface area contributed by atoms with Crippen LogP contribution in [0.15, 0.2) is 59.5 Å². The van der Waals surface area contributed by atoms with Crippen molar-refractivity contribution in [3.05, 3.63) is 54.6 Å². The first-order valence-corrected chi connectivity index (χ1v) is 10.3. The molecule has 2 aromatic rings. The zero-order chi connectivity index (χ0) is 19.3. The Hall–Kier alpha value is -2.42.